The van der Waals surface area contributed by atoms with Gasteiger partial charge in [0.15, 0.2) is 0 Å². The number of anilines is 1. The van der Waals surface area contributed by atoms with Gasteiger partial charge in [-0.15, -0.1) is 0 Å². The van der Waals surface area contributed by atoms with Gasteiger partial charge < -0.3 is 11.1 Å². The number of nitrogen functional groups attached to an aromatic ring is 1. The molecule has 19 heavy (non-hydrogen) atoms. The summed E-state index contributed by atoms with van der Waals surface area (Å²) in [6.45, 7) is 6.01. The van der Waals surface area contributed by atoms with E-state index in [-0.39, 0.29) is 17.3 Å². The third kappa shape index (κ3) is 4.19. The Morgan fingerprint density at radius 1 is 1.32 bits per heavy atom. The van der Waals surface area contributed by atoms with Crippen molar-refractivity contribution in [2.45, 2.75) is 39.7 Å². The zero-order valence-electron chi connectivity index (χ0n) is 11.5. The highest BCUT2D eigenvalue weighted by Crippen LogP contribution is 2.17. The van der Waals surface area contributed by atoms with Crippen LogP contribution in [0.4, 0.5) is 14.5 Å². The van der Waals surface area contributed by atoms with E-state index in [2.05, 4.69) is 19.2 Å². The lowest BCUT2D eigenvalue weighted by atomic mass is 10.00. The number of carbonyl (C=O) groups is 1. The van der Waals surface area contributed by atoms with E-state index < -0.39 is 17.5 Å². The summed E-state index contributed by atoms with van der Waals surface area (Å²) in [7, 11) is 0. The number of nitrogens with one attached hydrogen (secondary N) is 1. The summed E-state index contributed by atoms with van der Waals surface area (Å²) in [5.41, 5.74) is 4.88. The topological polar surface area (TPSA) is 55.1 Å². The van der Waals surface area contributed by atoms with Crippen molar-refractivity contribution in [3.05, 3.63) is 29.3 Å². The molecule has 0 saturated heterocycles. The number of rotatable bonds is 5. The molecule has 0 saturated carbocycles. The Kier molecular flexibility index (Phi) is 5.27. The molecule has 1 rings (SSSR count). The fourth-order valence-electron chi connectivity index (χ4n) is 1.87. The Morgan fingerprint density at radius 3 is 2.53 bits per heavy atom. The minimum absolute atomic E-state index is 0.0758. The van der Waals surface area contributed by atoms with Crippen LogP contribution in [-0.2, 0) is 0 Å². The zero-order chi connectivity index (χ0) is 14.6. The summed E-state index contributed by atoms with van der Waals surface area (Å²) in [5, 5.41) is 2.69. The minimum Gasteiger partial charge on any atom is -0.396 e. The van der Waals surface area contributed by atoms with Crippen molar-refractivity contribution in [1.82, 2.24) is 5.32 Å². The number of hydrogen-bond donors (Lipinski definition) is 2. The molecule has 5 heteroatoms. The number of amides is 1. The summed E-state index contributed by atoms with van der Waals surface area (Å²) in [5.74, 6) is -1.86. The molecule has 1 aromatic carbocycles. The highest BCUT2D eigenvalue weighted by Gasteiger charge is 2.17. The van der Waals surface area contributed by atoms with Crippen LogP contribution < -0.4 is 11.1 Å². The molecule has 0 heterocycles. The van der Waals surface area contributed by atoms with E-state index in [4.69, 9.17) is 5.73 Å². The lowest BCUT2D eigenvalue weighted by molar-refractivity contribution is 0.0931. The second-order valence-electron chi connectivity index (χ2n) is 4.98. The predicted molar refractivity (Wildman–Crippen MR) is 71.8 cm³/mol. The summed E-state index contributed by atoms with van der Waals surface area (Å²) in [6, 6.07) is 1.58. The summed E-state index contributed by atoms with van der Waals surface area (Å²) in [6.07, 6.45) is 1.82. The first-order valence-corrected chi connectivity index (χ1v) is 6.40. The largest absolute Gasteiger partial charge is 0.396 e. The Hall–Kier alpha value is -1.65. The Bertz CT molecular complexity index is 463. The number of halogens is 2. The summed E-state index contributed by atoms with van der Waals surface area (Å²) < 4.78 is 26.5. The Balaban J connectivity index is 2.76. The molecule has 0 aliphatic heterocycles. The van der Waals surface area contributed by atoms with Gasteiger partial charge in [-0.3, -0.25) is 4.79 Å². The van der Waals surface area contributed by atoms with Crippen LogP contribution in [0.2, 0.25) is 0 Å². The lowest BCUT2D eigenvalue weighted by Crippen LogP contribution is -2.34. The van der Waals surface area contributed by atoms with Crippen molar-refractivity contribution in [1.29, 1.82) is 0 Å². The van der Waals surface area contributed by atoms with Crippen molar-refractivity contribution in [3.8, 4) is 0 Å². The van der Waals surface area contributed by atoms with Gasteiger partial charge in [0, 0.05) is 12.1 Å². The first-order chi connectivity index (χ1) is 8.85. The van der Waals surface area contributed by atoms with Gasteiger partial charge >= 0.3 is 0 Å². The second-order valence-corrected chi connectivity index (χ2v) is 4.98. The molecular formula is C14H20F2N2O. The quantitative estimate of drug-likeness (QED) is 0.808. The maximum absolute atomic E-state index is 13.5. The van der Waals surface area contributed by atoms with Crippen LogP contribution in [0.3, 0.4) is 0 Å². The minimum atomic E-state index is -0.903. The molecule has 0 aromatic heterocycles. The average Bonchev–Trinajstić information content (AvgIpc) is 2.33. The molecule has 0 radical (unpaired) electrons. The lowest BCUT2D eigenvalue weighted by Gasteiger charge is -2.17. The SMILES string of the molecule is CCC(C)CC(C)NC(=O)c1cc(N)c(F)cc1F. The van der Waals surface area contributed by atoms with Gasteiger partial charge in [-0.1, -0.05) is 20.3 Å². The van der Waals surface area contributed by atoms with Crippen LogP contribution in [0.5, 0.6) is 0 Å². The van der Waals surface area contributed by atoms with Gasteiger partial charge in [0.1, 0.15) is 11.6 Å². The third-order valence-corrected chi connectivity index (χ3v) is 3.16. The van der Waals surface area contributed by atoms with Gasteiger partial charge in [-0.05, 0) is 25.3 Å². The zero-order valence-corrected chi connectivity index (χ0v) is 11.5. The van der Waals surface area contributed by atoms with Gasteiger partial charge in [0.25, 0.3) is 5.91 Å². The molecule has 2 unspecified atom stereocenters. The van der Waals surface area contributed by atoms with Crippen molar-refractivity contribution in [3.63, 3.8) is 0 Å². The van der Waals surface area contributed by atoms with Crippen LogP contribution in [-0.4, -0.2) is 11.9 Å². The standard InChI is InChI=1S/C14H20F2N2O/c1-4-8(2)5-9(3)18-14(19)10-6-13(17)12(16)7-11(10)15/h6-9H,4-5,17H2,1-3H3,(H,18,19). The molecule has 1 aromatic rings. The smallest absolute Gasteiger partial charge is 0.254 e. The molecule has 1 amide bonds. The number of hydrogen-bond acceptors (Lipinski definition) is 2. The van der Waals surface area contributed by atoms with E-state index in [9.17, 15) is 13.6 Å². The van der Waals surface area contributed by atoms with Crippen molar-refractivity contribution < 1.29 is 13.6 Å². The fraction of sp³-hybridized carbons (Fsp3) is 0.500. The number of benzene rings is 1. The van der Waals surface area contributed by atoms with Gasteiger partial charge in [0.2, 0.25) is 0 Å². The maximum atomic E-state index is 13.5. The van der Waals surface area contributed by atoms with Crippen molar-refractivity contribution >= 4 is 11.6 Å². The van der Waals surface area contributed by atoms with E-state index in [0.29, 0.717) is 12.0 Å². The van der Waals surface area contributed by atoms with E-state index in [0.717, 1.165) is 18.9 Å². The highest BCUT2D eigenvalue weighted by atomic mass is 19.1. The van der Waals surface area contributed by atoms with Crippen molar-refractivity contribution in [2.24, 2.45) is 5.92 Å². The summed E-state index contributed by atoms with van der Waals surface area (Å²) in [4.78, 5) is 11.9. The fourth-order valence-corrected chi connectivity index (χ4v) is 1.87. The van der Waals surface area contributed by atoms with Gasteiger partial charge in [-0.2, -0.15) is 0 Å². The first kappa shape index (κ1) is 15.4. The van der Waals surface area contributed by atoms with Crippen LogP contribution in [0.25, 0.3) is 0 Å². The van der Waals surface area contributed by atoms with Crippen LogP contribution in [0, 0.1) is 17.6 Å². The average molecular weight is 270 g/mol. The van der Waals surface area contributed by atoms with Crippen LogP contribution >= 0.6 is 0 Å². The third-order valence-electron chi connectivity index (χ3n) is 3.16. The van der Waals surface area contributed by atoms with E-state index in [1.165, 1.54) is 0 Å². The molecule has 0 aliphatic carbocycles. The van der Waals surface area contributed by atoms with Gasteiger partial charge in [-0.25, -0.2) is 8.78 Å². The maximum Gasteiger partial charge on any atom is 0.254 e. The Morgan fingerprint density at radius 2 is 1.95 bits per heavy atom. The normalized spacial score (nSPS) is 13.9. The monoisotopic (exact) mass is 270 g/mol. The first-order valence-electron chi connectivity index (χ1n) is 6.40. The Labute approximate surface area is 112 Å². The molecule has 0 aliphatic rings. The molecular weight excluding hydrogens is 250 g/mol. The van der Waals surface area contributed by atoms with E-state index in [1.807, 2.05) is 6.92 Å². The van der Waals surface area contributed by atoms with Gasteiger partial charge in [0.05, 0.1) is 11.3 Å². The second kappa shape index (κ2) is 6.50. The van der Waals surface area contributed by atoms with E-state index >= 15 is 0 Å². The molecule has 0 bridgehead atoms. The molecule has 3 nitrogen and oxygen atoms in total. The van der Waals surface area contributed by atoms with E-state index in [1.54, 1.807) is 0 Å². The molecule has 3 N–H and O–H groups in total. The molecule has 0 spiro atoms. The van der Waals surface area contributed by atoms with Crippen LogP contribution in [0.1, 0.15) is 44.0 Å². The molecule has 106 valence electrons. The highest BCUT2D eigenvalue weighted by molar-refractivity contribution is 5.95. The summed E-state index contributed by atoms with van der Waals surface area (Å²) >= 11 is 0. The number of nitrogens with two attached hydrogens (primary N) is 1. The molecule has 2 atom stereocenters. The van der Waals surface area contributed by atoms with Crippen LogP contribution in [0.15, 0.2) is 12.1 Å². The number of carbonyl (C=O) groups excluding carboxylic acids is 1. The molecule has 0 fully saturated rings. The predicted octanol–water partition coefficient (Wildman–Crippen LogP) is 3.10. The van der Waals surface area contributed by atoms with Crippen molar-refractivity contribution in [2.75, 3.05) is 5.73 Å².